The maximum Gasteiger partial charge on any atom is 0.341 e. The molecule has 3 aromatic rings. The van der Waals surface area contributed by atoms with E-state index in [9.17, 15) is 59.0 Å². The molecule has 2 aliphatic heterocycles. The lowest BCUT2D eigenvalue weighted by Gasteiger charge is -2.52. The first kappa shape index (κ1) is 40.4. The number of hydrogen-bond donors (Lipinski definition) is 7. The van der Waals surface area contributed by atoms with Crippen molar-refractivity contribution in [2.24, 2.45) is 17.6 Å². The van der Waals surface area contributed by atoms with Crippen molar-refractivity contribution in [2.75, 3.05) is 58.8 Å². The van der Waals surface area contributed by atoms with Crippen LogP contribution >= 0.6 is 0 Å². The van der Waals surface area contributed by atoms with Crippen LogP contribution in [0.15, 0.2) is 57.9 Å². The summed E-state index contributed by atoms with van der Waals surface area (Å²) < 4.78 is 22.6. The van der Waals surface area contributed by atoms with Crippen LogP contribution in [0.1, 0.15) is 52.6 Å². The average Bonchev–Trinajstić information content (AvgIpc) is 3.14. The van der Waals surface area contributed by atoms with Gasteiger partial charge in [0.2, 0.25) is 11.2 Å². The zero-order valence-electron chi connectivity index (χ0n) is 32.3. The molecule has 2 aromatic carbocycles. The number of carbonyl (C=O) groups excluding carboxylic acids is 3. The molecule has 1 unspecified atom stereocenters. The predicted molar refractivity (Wildman–Crippen MR) is 205 cm³/mol. The lowest BCUT2D eigenvalue weighted by Crippen LogP contribution is -2.65. The second-order valence-corrected chi connectivity index (χ2v) is 15.9. The highest BCUT2D eigenvalue weighted by molar-refractivity contribution is 6.25. The number of phenolic OH excluding ortho intramolecular Hbond substituents is 1. The molecule has 6 atom stereocenters. The highest BCUT2D eigenvalue weighted by Crippen LogP contribution is 2.56. The number of carboxylic acid groups (broad SMARTS) is 1. The molecule has 1 fully saturated rings. The molecule has 8 rings (SSSR count). The largest absolute Gasteiger partial charge is 0.510 e. The summed E-state index contributed by atoms with van der Waals surface area (Å²) in [5.74, 6) is -9.43. The normalized spacial score (nSPS) is 28.1. The number of aliphatic hydroxyl groups is 4. The number of nitrogens with zero attached hydrogens (tertiary/aromatic N) is 4. The number of carboxylic acids is 1. The number of ether oxygens (including phenoxy) is 1. The molecule has 0 saturated carbocycles. The van der Waals surface area contributed by atoms with Gasteiger partial charge in [-0.05, 0) is 59.1 Å². The number of aromatic carboxylic acids is 1. The fourth-order valence-corrected chi connectivity index (χ4v) is 9.20. The summed E-state index contributed by atoms with van der Waals surface area (Å²) >= 11 is 0. The van der Waals surface area contributed by atoms with Crippen molar-refractivity contribution in [1.82, 2.24) is 14.4 Å². The van der Waals surface area contributed by atoms with Crippen LogP contribution in [-0.4, -0.2) is 134 Å². The minimum atomic E-state index is -2.75. The third kappa shape index (κ3) is 5.76. The summed E-state index contributed by atoms with van der Waals surface area (Å²) in [4.78, 5) is 67.9. The number of aromatic nitrogens is 1. The summed E-state index contributed by atoms with van der Waals surface area (Å²) in [7, 11) is 5.08. The van der Waals surface area contributed by atoms with Crippen LogP contribution in [0, 0.1) is 17.7 Å². The van der Waals surface area contributed by atoms with Crippen LogP contribution in [0.25, 0.3) is 10.9 Å². The Labute approximate surface area is 330 Å². The molecule has 3 aliphatic carbocycles. The number of fused-ring (bicyclic) bond motifs is 3. The maximum atomic E-state index is 15.0. The zero-order chi connectivity index (χ0) is 42.5. The number of ketones is 2. The third-order valence-electron chi connectivity index (χ3n) is 12.2. The Hall–Kier alpha value is -5.82. The van der Waals surface area contributed by atoms with E-state index >= 15 is 0 Å². The number of Topliss-reactive ketones (excluding diaryl/α,β-unsaturated/α-hetero) is 2. The van der Waals surface area contributed by atoms with Gasteiger partial charge in [-0.3, -0.25) is 24.1 Å². The van der Waals surface area contributed by atoms with Crippen molar-refractivity contribution in [1.29, 1.82) is 0 Å². The van der Waals surface area contributed by atoms with Gasteiger partial charge in [-0.2, -0.15) is 0 Å². The monoisotopic (exact) mass is 805 g/mol. The summed E-state index contributed by atoms with van der Waals surface area (Å²) in [5.41, 5.74) is -0.878. The highest BCUT2D eigenvalue weighted by Gasteiger charge is 2.65. The van der Waals surface area contributed by atoms with E-state index in [4.69, 9.17) is 10.5 Å². The Morgan fingerprint density at radius 3 is 2.31 bits per heavy atom. The number of benzene rings is 2. The number of primary amides is 1. The van der Waals surface area contributed by atoms with E-state index < -0.39 is 92.2 Å². The SMILES string of the molecule is CC1COc2c(N3CCN(C)CC3)c(F)cc3c(=O)c(C(=O)O)cn1c23.CN(C)[C@@H]1C(O)=C(C(N)=O)C(=O)[C@@]2(O)C(O)=C3C(=O)c4c(O)cccc4[C@@](C)(O)[C@H]3C[C@@H]12. The summed E-state index contributed by atoms with van der Waals surface area (Å²) in [6, 6.07) is 4.04. The first-order valence-corrected chi connectivity index (χ1v) is 18.6. The lowest BCUT2D eigenvalue weighted by molar-refractivity contribution is -0.151. The van der Waals surface area contributed by atoms with Crippen LogP contribution in [-0.2, 0) is 15.2 Å². The number of anilines is 1. The van der Waals surface area contributed by atoms with Crippen LogP contribution in [0.4, 0.5) is 10.1 Å². The Kier molecular flexibility index (Phi) is 9.70. The number of piperazine rings is 1. The van der Waals surface area contributed by atoms with E-state index in [-0.39, 0.29) is 41.1 Å². The van der Waals surface area contributed by atoms with Crippen molar-refractivity contribution in [3.63, 3.8) is 0 Å². The van der Waals surface area contributed by atoms with E-state index in [1.54, 1.807) is 4.57 Å². The number of phenols is 1. The van der Waals surface area contributed by atoms with E-state index in [1.807, 2.05) is 18.9 Å². The molecule has 0 radical (unpaired) electrons. The summed E-state index contributed by atoms with van der Waals surface area (Å²) in [5, 5.41) is 64.4. The van der Waals surface area contributed by atoms with Gasteiger partial charge in [-0.1, -0.05) is 12.1 Å². The van der Waals surface area contributed by atoms with Crippen molar-refractivity contribution in [3.05, 3.63) is 85.9 Å². The molecule has 8 N–H and O–H groups in total. The van der Waals surface area contributed by atoms with Crippen molar-refractivity contribution >= 4 is 40.0 Å². The van der Waals surface area contributed by atoms with E-state index in [0.717, 1.165) is 19.2 Å². The molecule has 1 amide bonds. The number of halogens is 1. The van der Waals surface area contributed by atoms with Gasteiger partial charge in [0.25, 0.3) is 5.91 Å². The molecule has 18 heteroatoms. The molecule has 5 aliphatic rings. The lowest BCUT2D eigenvalue weighted by atomic mass is 9.55. The minimum absolute atomic E-state index is 0.0434. The van der Waals surface area contributed by atoms with E-state index in [2.05, 4.69) is 4.90 Å². The maximum absolute atomic E-state index is 15.0. The van der Waals surface area contributed by atoms with Gasteiger partial charge in [0.1, 0.15) is 40.7 Å². The Balaban J connectivity index is 0.000000180. The third-order valence-corrected chi connectivity index (χ3v) is 12.2. The number of pyridine rings is 1. The van der Waals surface area contributed by atoms with Crippen LogP contribution in [0.2, 0.25) is 0 Å². The van der Waals surface area contributed by atoms with Crippen molar-refractivity contribution in [3.8, 4) is 11.5 Å². The summed E-state index contributed by atoms with van der Waals surface area (Å²) in [6.45, 7) is 6.48. The van der Waals surface area contributed by atoms with E-state index in [0.29, 0.717) is 30.0 Å². The second kappa shape index (κ2) is 13.9. The molecule has 308 valence electrons. The highest BCUT2D eigenvalue weighted by atomic mass is 19.1. The standard InChI is InChI=1S/C22H24N2O8.C18H20FN3O4/c1-21(31)8-5-4-6-11(25)12(8)16(26)13-9(21)7-10-15(24(2)3)17(27)14(20(23)30)19(29)22(10,32)18(13)28;1-10-9-26-17-14-11(16(23)12(18(24)25)8-22(10)14)7-13(19)15(17)21-5-3-20(2)4-6-21/h4-6,9-10,15,25,27-28,31-32H,7H2,1-3H3,(H2,23,30);7-8,10H,3-6,9H2,1-2H3,(H,24,25)/t9-,10-,15-,21+,22-;/m0./s1. The molecule has 0 spiro atoms. The van der Waals surface area contributed by atoms with Crippen LogP contribution < -0.4 is 20.8 Å². The fraction of sp³-hybridized carbons (Fsp3) is 0.425. The Morgan fingerprint density at radius 2 is 1.71 bits per heavy atom. The smallest absolute Gasteiger partial charge is 0.341 e. The van der Waals surface area contributed by atoms with Gasteiger partial charge in [-0.25, -0.2) is 9.18 Å². The van der Waals surface area contributed by atoms with Crippen LogP contribution in [0.3, 0.4) is 0 Å². The number of amides is 1. The zero-order valence-corrected chi connectivity index (χ0v) is 32.3. The van der Waals surface area contributed by atoms with Gasteiger partial charge < -0.3 is 55.5 Å². The van der Waals surface area contributed by atoms with Crippen LogP contribution in [0.5, 0.6) is 11.5 Å². The topological polar surface area (TPSA) is 257 Å². The second-order valence-electron chi connectivity index (χ2n) is 15.9. The molecule has 3 heterocycles. The quantitative estimate of drug-likeness (QED) is 0.184. The van der Waals surface area contributed by atoms with Gasteiger partial charge in [0.05, 0.1) is 34.2 Å². The van der Waals surface area contributed by atoms with Crippen molar-refractivity contribution in [2.45, 2.75) is 43.6 Å². The summed E-state index contributed by atoms with van der Waals surface area (Å²) in [6.07, 6.45) is 1.14. The van der Waals surface area contributed by atoms with Gasteiger partial charge >= 0.3 is 5.97 Å². The molecule has 0 bridgehead atoms. The Morgan fingerprint density at radius 1 is 1.05 bits per heavy atom. The number of aliphatic hydroxyl groups excluding tert-OH is 2. The number of aromatic hydroxyl groups is 1. The van der Waals surface area contributed by atoms with Gasteiger partial charge in [-0.15, -0.1) is 0 Å². The van der Waals surface area contributed by atoms with Crippen molar-refractivity contribution < 1.29 is 58.9 Å². The number of nitrogens with two attached hydrogens (primary N) is 1. The Bertz CT molecular complexity index is 2450. The number of carbonyl (C=O) groups is 4. The fourth-order valence-electron chi connectivity index (χ4n) is 9.20. The molecule has 1 aromatic heterocycles. The van der Waals surface area contributed by atoms with Gasteiger partial charge in [0.15, 0.2) is 23.0 Å². The molecular weight excluding hydrogens is 761 g/mol. The van der Waals surface area contributed by atoms with Gasteiger partial charge in [0, 0.05) is 49.8 Å². The first-order valence-electron chi connectivity index (χ1n) is 18.6. The number of rotatable bonds is 4. The predicted octanol–water partition coefficient (Wildman–Crippen LogP) is 1.33. The molecule has 17 nitrogen and oxygen atoms in total. The first-order chi connectivity index (χ1) is 27.2. The van der Waals surface area contributed by atoms with E-state index in [1.165, 1.54) is 50.3 Å². The average molecular weight is 806 g/mol. The molecule has 1 saturated heterocycles. The molecule has 58 heavy (non-hydrogen) atoms. The minimum Gasteiger partial charge on any atom is -0.510 e. The molecular formula is C40H44FN5O12. The number of likely N-dealkylation sites (N-methyl/N-ethyl adjacent to an activating group) is 2. The number of hydrogen-bond acceptors (Lipinski definition) is 14.